The maximum Gasteiger partial charge on any atom is 0.351 e. The topological polar surface area (TPSA) is 41.4 Å². The van der Waals surface area contributed by atoms with Crippen LogP contribution in [0.2, 0.25) is 0 Å². The van der Waals surface area contributed by atoms with Crippen LogP contribution in [0.5, 0.6) is 0 Å². The summed E-state index contributed by atoms with van der Waals surface area (Å²) in [6, 6.07) is 5.70. The molecule has 126 valence electrons. The largest absolute Gasteiger partial charge is 0.355 e. The summed E-state index contributed by atoms with van der Waals surface area (Å²) in [7, 11) is 1.76. The molecule has 0 bridgehead atoms. The van der Waals surface area contributed by atoms with Crippen LogP contribution in [-0.4, -0.2) is 29.2 Å². The van der Waals surface area contributed by atoms with Crippen LogP contribution < -0.4 is 15.5 Å². The number of hydrogen-bond acceptors (Lipinski definition) is 4. The van der Waals surface area contributed by atoms with Crippen molar-refractivity contribution in [2.75, 3.05) is 23.4 Å². The van der Waals surface area contributed by atoms with Crippen LogP contribution in [0.4, 0.5) is 20.4 Å². The van der Waals surface area contributed by atoms with E-state index in [1.165, 1.54) is 12.1 Å². The van der Waals surface area contributed by atoms with Crippen LogP contribution >= 0.6 is 0 Å². The van der Waals surface area contributed by atoms with Gasteiger partial charge in [-0.15, -0.1) is 0 Å². The van der Waals surface area contributed by atoms with Gasteiger partial charge in [0.1, 0.15) is 23.3 Å². The van der Waals surface area contributed by atoms with Crippen molar-refractivity contribution in [1.82, 2.24) is 9.55 Å². The molecule has 2 aromatic rings. The maximum atomic E-state index is 13.3. The number of anilines is 2. The molecule has 0 spiro atoms. The molecule has 1 saturated heterocycles. The Balaban J connectivity index is 1.64. The van der Waals surface area contributed by atoms with Crippen molar-refractivity contribution in [2.24, 2.45) is 0 Å². The smallest absolute Gasteiger partial charge is 0.351 e. The van der Waals surface area contributed by atoms with Crippen LogP contribution in [-0.2, 0) is 13.1 Å². The van der Waals surface area contributed by atoms with E-state index in [-0.39, 0.29) is 12.2 Å². The van der Waals surface area contributed by atoms with Crippen LogP contribution in [0.1, 0.15) is 18.4 Å². The van der Waals surface area contributed by atoms with E-state index in [0.29, 0.717) is 24.0 Å². The summed E-state index contributed by atoms with van der Waals surface area (Å²) in [6.45, 7) is 1.92. The highest BCUT2D eigenvalue weighted by Crippen LogP contribution is 2.33. The van der Waals surface area contributed by atoms with E-state index >= 15 is 0 Å². The van der Waals surface area contributed by atoms with E-state index in [1.807, 2.05) is 6.07 Å². The van der Waals surface area contributed by atoms with Crippen molar-refractivity contribution >= 4 is 11.6 Å². The Hall–Kier alpha value is -2.44. The first kappa shape index (κ1) is 15.1. The van der Waals surface area contributed by atoms with Crippen molar-refractivity contribution in [2.45, 2.75) is 32.0 Å². The Morgan fingerprint density at radius 1 is 1.25 bits per heavy atom. The molecule has 24 heavy (non-hydrogen) atoms. The lowest BCUT2D eigenvalue weighted by Gasteiger charge is -2.21. The molecule has 2 aliphatic heterocycles. The Bertz CT molecular complexity index is 831. The van der Waals surface area contributed by atoms with Gasteiger partial charge in [-0.3, -0.25) is 4.57 Å². The lowest BCUT2D eigenvalue weighted by atomic mass is 10.2. The van der Waals surface area contributed by atoms with Crippen LogP contribution in [0.25, 0.3) is 0 Å². The number of rotatable bonds is 3. The summed E-state index contributed by atoms with van der Waals surface area (Å²) in [5.41, 5.74) is 0.227. The van der Waals surface area contributed by atoms with Gasteiger partial charge in [-0.05, 0) is 30.5 Å². The molecule has 2 aliphatic rings. The van der Waals surface area contributed by atoms with Crippen molar-refractivity contribution in [3.05, 3.63) is 51.9 Å². The van der Waals surface area contributed by atoms with Gasteiger partial charge in [-0.25, -0.2) is 13.6 Å². The van der Waals surface area contributed by atoms with Crippen molar-refractivity contribution in [3.8, 4) is 0 Å². The summed E-state index contributed by atoms with van der Waals surface area (Å²) < 4.78 is 28.4. The molecule has 1 aromatic heterocycles. The molecule has 7 heteroatoms. The fraction of sp³-hybridized carbons (Fsp3) is 0.412. The molecule has 0 amide bonds. The van der Waals surface area contributed by atoms with Gasteiger partial charge in [0.05, 0.1) is 0 Å². The van der Waals surface area contributed by atoms with E-state index < -0.39 is 11.6 Å². The van der Waals surface area contributed by atoms with Crippen LogP contribution in [0.3, 0.4) is 0 Å². The van der Waals surface area contributed by atoms with Gasteiger partial charge in [0.25, 0.3) is 0 Å². The minimum absolute atomic E-state index is 0.269. The summed E-state index contributed by atoms with van der Waals surface area (Å²) in [6.07, 6.45) is 2.23. The minimum atomic E-state index is -0.611. The SMILES string of the molecule is CN(Cc1cc(F)cc(F)c1)c1cc2n(c(=O)n1)CC1CCCN21. The quantitative estimate of drug-likeness (QED) is 0.864. The van der Waals surface area contributed by atoms with Crippen molar-refractivity contribution < 1.29 is 8.78 Å². The number of fused-ring (bicyclic) bond motifs is 3. The molecular formula is C17H18F2N4O. The predicted molar refractivity (Wildman–Crippen MR) is 87.3 cm³/mol. The summed E-state index contributed by atoms with van der Waals surface area (Å²) in [5, 5.41) is 0. The molecule has 1 fully saturated rings. The zero-order chi connectivity index (χ0) is 16.8. The second-order valence-electron chi connectivity index (χ2n) is 6.49. The molecule has 0 radical (unpaired) electrons. The second kappa shape index (κ2) is 5.58. The highest BCUT2D eigenvalue weighted by atomic mass is 19.1. The monoisotopic (exact) mass is 332 g/mol. The first-order valence-electron chi connectivity index (χ1n) is 8.06. The fourth-order valence-electron chi connectivity index (χ4n) is 3.68. The molecule has 1 aromatic carbocycles. The first-order chi connectivity index (χ1) is 11.5. The van der Waals surface area contributed by atoms with Gasteiger partial charge in [-0.1, -0.05) is 0 Å². The first-order valence-corrected chi connectivity index (χ1v) is 8.06. The third-order valence-corrected chi connectivity index (χ3v) is 4.77. The van der Waals surface area contributed by atoms with Gasteiger partial charge >= 0.3 is 5.69 Å². The summed E-state index contributed by atoms with van der Waals surface area (Å²) in [4.78, 5) is 20.4. The minimum Gasteiger partial charge on any atom is -0.355 e. The van der Waals surface area contributed by atoms with Gasteiger partial charge in [-0.2, -0.15) is 4.98 Å². The average molecular weight is 332 g/mol. The molecule has 0 N–H and O–H groups in total. The lowest BCUT2D eigenvalue weighted by molar-refractivity contribution is 0.579. The number of hydrogen-bond donors (Lipinski definition) is 0. The Labute approximate surface area is 138 Å². The molecule has 3 heterocycles. The van der Waals surface area contributed by atoms with Gasteiger partial charge in [0.2, 0.25) is 0 Å². The number of aromatic nitrogens is 2. The number of nitrogens with zero attached hydrogens (tertiary/aromatic N) is 4. The predicted octanol–water partition coefficient (Wildman–Crippen LogP) is 2.14. The molecular weight excluding hydrogens is 314 g/mol. The Morgan fingerprint density at radius 2 is 2.00 bits per heavy atom. The summed E-state index contributed by atoms with van der Waals surface area (Å²) >= 11 is 0. The molecule has 5 nitrogen and oxygen atoms in total. The highest BCUT2D eigenvalue weighted by molar-refractivity contribution is 5.54. The zero-order valence-corrected chi connectivity index (χ0v) is 13.4. The Kier molecular flexibility index (Phi) is 3.51. The van der Waals surface area contributed by atoms with Crippen LogP contribution in [0, 0.1) is 11.6 Å². The van der Waals surface area contributed by atoms with E-state index in [9.17, 15) is 13.6 Å². The van der Waals surface area contributed by atoms with E-state index in [0.717, 1.165) is 31.3 Å². The average Bonchev–Trinajstić information content (AvgIpc) is 3.07. The van der Waals surface area contributed by atoms with Gasteiger partial charge < -0.3 is 9.80 Å². The number of halogens is 2. The number of benzene rings is 1. The normalized spacial score (nSPS) is 18.6. The van der Waals surface area contributed by atoms with Crippen LogP contribution in [0.15, 0.2) is 29.1 Å². The third kappa shape index (κ3) is 2.53. The van der Waals surface area contributed by atoms with Crippen molar-refractivity contribution in [3.63, 3.8) is 0 Å². The Morgan fingerprint density at radius 3 is 2.75 bits per heavy atom. The second-order valence-corrected chi connectivity index (χ2v) is 6.49. The van der Waals surface area contributed by atoms with E-state index in [1.54, 1.807) is 16.5 Å². The highest BCUT2D eigenvalue weighted by Gasteiger charge is 2.34. The van der Waals surface area contributed by atoms with E-state index in [2.05, 4.69) is 9.88 Å². The van der Waals surface area contributed by atoms with E-state index in [4.69, 9.17) is 0 Å². The summed E-state index contributed by atoms with van der Waals surface area (Å²) in [5.74, 6) is 0.189. The molecule has 0 saturated carbocycles. The standard InChI is InChI=1S/C17H18F2N4O/c1-21(9-11-5-12(18)7-13(19)6-11)15-8-16-22-4-2-3-14(22)10-23(16)17(24)20-15/h5-8,14H,2-4,9-10H2,1H3. The van der Waals surface area contributed by atoms with Gasteiger partial charge in [0, 0.05) is 44.9 Å². The zero-order valence-electron chi connectivity index (χ0n) is 13.4. The molecule has 1 unspecified atom stereocenters. The van der Waals surface area contributed by atoms with Gasteiger partial charge in [0.15, 0.2) is 0 Å². The lowest BCUT2D eigenvalue weighted by Crippen LogP contribution is -2.27. The maximum absolute atomic E-state index is 13.3. The molecule has 4 rings (SSSR count). The van der Waals surface area contributed by atoms with Crippen molar-refractivity contribution in [1.29, 1.82) is 0 Å². The fourth-order valence-corrected chi connectivity index (χ4v) is 3.68. The molecule has 1 atom stereocenters. The molecule has 0 aliphatic carbocycles. The third-order valence-electron chi connectivity index (χ3n) is 4.77.